The van der Waals surface area contributed by atoms with E-state index in [-0.39, 0.29) is 0 Å². The summed E-state index contributed by atoms with van der Waals surface area (Å²) in [7, 11) is 1.73. The summed E-state index contributed by atoms with van der Waals surface area (Å²) in [6, 6.07) is 8.57. The van der Waals surface area contributed by atoms with Gasteiger partial charge in [-0.05, 0) is 37.3 Å². The van der Waals surface area contributed by atoms with Crippen LogP contribution in [0.4, 0.5) is 0 Å². The van der Waals surface area contributed by atoms with E-state index in [0.717, 1.165) is 32.5 Å². The Hall–Kier alpha value is -1.65. The van der Waals surface area contributed by atoms with E-state index in [4.69, 9.17) is 4.74 Å². The number of nitrogens with zero attached hydrogens (tertiary/aromatic N) is 2. The Morgan fingerprint density at radius 2 is 2.10 bits per heavy atom. The van der Waals surface area contributed by atoms with Gasteiger partial charge in [0.2, 0.25) is 0 Å². The van der Waals surface area contributed by atoms with Crippen molar-refractivity contribution in [1.82, 2.24) is 14.9 Å². The number of benzene rings is 1. The van der Waals surface area contributed by atoms with E-state index in [1.54, 1.807) is 7.11 Å². The molecule has 2 aromatic rings. The number of fused-ring (bicyclic) bond motifs is 1. The second kappa shape index (κ2) is 6.87. The third kappa shape index (κ3) is 3.17. The largest absolute Gasteiger partial charge is 0.383 e. The Morgan fingerprint density at radius 1 is 1.24 bits per heavy atom. The first kappa shape index (κ1) is 14.3. The number of hydrogen-bond acceptors (Lipinski definition) is 3. The molecule has 0 unspecified atom stereocenters. The van der Waals surface area contributed by atoms with E-state index in [2.05, 4.69) is 39.1 Å². The topological polar surface area (TPSA) is 39.1 Å². The predicted octanol–water partition coefficient (Wildman–Crippen LogP) is 2.49. The average Bonchev–Trinajstić information content (AvgIpc) is 2.96. The van der Waals surface area contributed by atoms with Gasteiger partial charge in [0.25, 0.3) is 0 Å². The summed E-state index contributed by atoms with van der Waals surface area (Å²) in [5.41, 5.74) is 5.23. The minimum absolute atomic E-state index is 0.739. The number of rotatable bonds is 6. The minimum Gasteiger partial charge on any atom is -0.383 e. The maximum absolute atomic E-state index is 5.08. The van der Waals surface area contributed by atoms with E-state index in [1.807, 2.05) is 6.33 Å². The van der Waals surface area contributed by atoms with Gasteiger partial charge in [-0.3, -0.25) is 0 Å². The molecular formula is C17H23N3O. The lowest BCUT2D eigenvalue weighted by Gasteiger charge is -2.17. The summed E-state index contributed by atoms with van der Waals surface area (Å²) in [4.78, 5) is 4.61. The monoisotopic (exact) mass is 285 g/mol. The Kier molecular flexibility index (Phi) is 4.68. The third-order valence-corrected chi connectivity index (χ3v) is 4.08. The zero-order valence-corrected chi connectivity index (χ0v) is 12.6. The van der Waals surface area contributed by atoms with Crippen molar-refractivity contribution in [1.29, 1.82) is 0 Å². The molecule has 0 amide bonds. The molecule has 1 aliphatic rings. The van der Waals surface area contributed by atoms with Gasteiger partial charge >= 0.3 is 0 Å². The molecule has 4 nitrogen and oxygen atoms in total. The molecule has 112 valence electrons. The molecule has 1 aromatic heterocycles. The molecule has 4 heteroatoms. The van der Waals surface area contributed by atoms with Gasteiger partial charge in [-0.25, -0.2) is 4.98 Å². The highest BCUT2D eigenvalue weighted by Gasteiger charge is 2.17. The number of nitrogens with one attached hydrogen (secondary N) is 1. The Labute approximate surface area is 126 Å². The van der Waals surface area contributed by atoms with Crippen LogP contribution in [0.25, 0.3) is 5.69 Å². The summed E-state index contributed by atoms with van der Waals surface area (Å²) < 4.78 is 7.36. The number of methoxy groups -OCH3 is 1. The van der Waals surface area contributed by atoms with Crippen molar-refractivity contribution in [3.05, 3.63) is 47.5 Å². The van der Waals surface area contributed by atoms with Crippen LogP contribution in [0.3, 0.4) is 0 Å². The molecule has 1 aromatic carbocycles. The highest BCUT2D eigenvalue weighted by Crippen LogP contribution is 2.24. The van der Waals surface area contributed by atoms with Crippen molar-refractivity contribution in [2.75, 3.05) is 20.3 Å². The van der Waals surface area contributed by atoms with Crippen LogP contribution in [0, 0.1) is 0 Å². The number of hydrogen-bond donors (Lipinski definition) is 1. The van der Waals surface area contributed by atoms with Gasteiger partial charge in [-0.1, -0.05) is 18.2 Å². The van der Waals surface area contributed by atoms with E-state index in [9.17, 15) is 0 Å². The van der Waals surface area contributed by atoms with Gasteiger partial charge in [0.15, 0.2) is 0 Å². The molecule has 0 aliphatic heterocycles. The Bertz CT molecular complexity index is 591. The third-order valence-electron chi connectivity index (χ3n) is 4.08. The zero-order chi connectivity index (χ0) is 14.5. The molecule has 21 heavy (non-hydrogen) atoms. The molecule has 0 radical (unpaired) electrons. The standard InChI is InChI=1S/C17H23N3O/c1-21-11-10-18-12-14-6-2-4-8-16(14)20-13-19-15-7-3-5-9-17(15)20/h2,4,6,8,13,18H,3,5,7,9-12H2,1H3. The maximum atomic E-state index is 5.08. The van der Waals surface area contributed by atoms with Crippen LogP contribution in [0.15, 0.2) is 30.6 Å². The summed E-state index contributed by atoms with van der Waals surface area (Å²) in [6.07, 6.45) is 6.79. The summed E-state index contributed by atoms with van der Waals surface area (Å²) in [5, 5.41) is 3.43. The second-order valence-electron chi connectivity index (χ2n) is 5.51. The predicted molar refractivity (Wildman–Crippen MR) is 83.8 cm³/mol. The van der Waals surface area contributed by atoms with Gasteiger partial charge < -0.3 is 14.6 Å². The van der Waals surface area contributed by atoms with Crippen molar-refractivity contribution in [3.8, 4) is 5.69 Å². The molecule has 1 heterocycles. The first-order valence-corrected chi connectivity index (χ1v) is 7.73. The van der Waals surface area contributed by atoms with Crippen LogP contribution in [0.1, 0.15) is 29.8 Å². The van der Waals surface area contributed by atoms with Crippen LogP contribution in [0.5, 0.6) is 0 Å². The smallest absolute Gasteiger partial charge is 0.0997 e. The van der Waals surface area contributed by atoms with Crippen LogP contribution in [0.2, 0.25) is 0 Å². The average molecular weight is 285 g/mol. The van der Waals surface area contributed by atoms with Gasteiger partial charge in [-0.15, -0.1) is 0 Å². The van der Waals surface area contributed by atoms with Crippen LogP contribution >= 0.6 is 0 Å². The number of aromatic nitrogens is 2. The van der Waals surface area contributed by atoms with Crippen molar-refractivity contribution in [2.45, 2.75) is 32.2 Å². The lowest BCUT2D eigenvalue weighted by molar-refractivity contribution is 0.199. The van der Waals surface area contributed by atoms with Crippen molar-refractivity contribution in [3.63, 3.8) is 0 Å². The van der Waals surface area contributed by atoms with Gasteiger partial charge in [0.05, 0.1) is 24.3 Å². The fourth-order valence-corrected chi connectivity index (χ4v) is 2.97. The quantitative estimate of drug-likeness (QED) is 0.829. The molecule has 1 aliphatic carbocycles. The zero-order valence-electron chi connectivity index (χ0n) is 12.6. The number of aryl methyl sites for hydroxylation is 1. The van der Waals surface area contributed by atoms with Crippen LogP contribution < -0.4 is 5.32 Å². The molecule has 0 atom stereocenters. The lowest BCUT2D eigenvalue weighted by Crippen LogP contribution is -2.19. The van der Waals surface area contributed by atoms with Crippen molar-refractivity contribution < 1.29 is 4.74 Å². The fraction of sp³-hybridized carbons (Fsp3) is 0.471. The number of para-hydroxylation sites is 1. The molecule has 0 fully saturated rings. The summed E-state index contributed by atoms with van der Waals surface area (Å²) in [5.74, 6) is 0. The van der Waals surface area contributed by atoms with E-state index < -0.39 is 0 Å². The molecule has 1 N–H and O–H groups in total. The van der Waals surface area contributed by atoms with Gasteiger partial charge in [0.1, 0.15) is 0 Å². The van der Waals surface area contributed by atoms with Gasteiger partial charge in [-0.2, -0.15) is 0 Å². The normalized spacial score (nSPS) is 14.1. The number of ether oxygens (including phenoxy) is 1. The molecular weight excluding hydrogens is 262 g/mol. The summed E-state index contributed by atoms with van der Waals surface area (Å²) >= 11 is 0. The van der Waals surface area contributed by atoms with Crippen molar-refractivity contribution in [2.24, 2.45) is 0 Å². The molecule has 0 saturated carbocycles. The SMILES string of the molecule is COCCNCc1ccccc1-n1cnc2c1CCCC2. The van der Waals surface area contributed by atoms with E-state index in [0.29, 0.717) is 0 Å². The minimum atomic E-state index is 0.739. The van der Waals surface area contributed by atoms with E-state index >= 15 is 0 Å². The molecule has 0 bridgehead atoms. The highest BCUT2D eigenvalue weighted by molar-refractivity contribution is 5.43. The van der Waals surface area contributed by atoms with Crippen LogP contribution in [-0.4, -0.2) is 29.8 Å². The molecule has 3 rings (SSSR count). The van der Waals surface area contributed by atoms with Crippen LogP contribution in [-0.2, 0) is 24.1 Å². The highest BCUT2D eigenvalue weighted by atomic mass is 16.5. The first-order chi connectivity index (χ1) is 10.4. The summed E-state index contributed by atoms with van der Waals surface area (Å²) in [6.45, 7) is 2.46. The van der Waals surface area contributed by atoms with Crippen molar-refractivity contribution >= 4 is 0 Å². The maximum Gasteiger partial charge on any atom is 0.0997 e. The Morgan fingerprint density at radius 3 is 3.00 bits per heavy atom. The number of imidazole rings is 1. The Balaban J connectivity index is 1.83. The van der Waals surface area contributed by atoms with Gasteiger partial charge in [0, 0.05) is 25.9 Å². The molecule has 0 spiro atoms. The second-order valence-corrected chi connectivity index (χ2v) is 5.51. The van der Waals surface area contributed by atoms with E-state index in [1.165, 1.54) is 35.5 Å². The first-order valence-electron chi connectivity index (χ1n) is 7.73. The fourth-order valence-electron chi connectivity index (χ4n) is 2.97. The lowest BCUT2D eigenvalue weighted by atomic mass is 10.0. The molecule has 0 saturated heterocycles.